The minimum atomic E-state index is 0.0481. The lowest BCUT2D eigenvalue weighted by molar-refractivity contribution is -0.125. The third kappa shape index (κ3) is 6.81. The summed E-state index contributed by atoms with van der Waals surface area (Å²) >= 11 is 0. The maximum absolute atomic E-state index is 12.6. The van der Waals surface area contributed by atoms with Crippen LogP contribution < -0.4 is 20.4 Å². The molecule has 3 aromatic carbocycles. The maximum atomic E-state index is 12.6. The van der Waals surface area contributed by atoms with E-state index in [0.29, 0.717) is 12.3 Å². The number of ether oxygens (including phenoxy) is 1. The number of amides is 1. The normalized spacial score (nSPS) is 19.1. The lowest BCUT2D eigenvalue weighted by atomic mass is 9.79. The van der Waals surface area contributed by atoms with Gasteiger partial charge in [-0.1, -0.05) is 80.6 Å². The van der Waals surface area contributed by atoms with Gasteiger partial charge in [0.1, 0.15) is 5.75 Å². The average molecular weight is 529 g/mol. The van der Waals surface area contributed by atoms with Crippen molar-refractivity contribution < 1.29 is 9.53 Å². The first-order valence-corrected chi connectivity index (χ1v) is 14.0. The lowest BCUT2D eigenvalue weighted by Crippen LogP contribution is -2.48. The number of benzene rings is 3. The van der Waals surface area contributed by atoms with E-state index in [2.05, 4.69) is 115 Å². The Morgan fingerprint density at radius 2 is 1.56 bits per heavy atom. The number of carbonyl (C=O) groups excluding carboxylic acids is 1. The molecule has 0 aromatic heterocycles. The molecule has 1 amide bonds. The zero-order chi connectivity index (χ0) is 27.9. The van der Waals surface area contributed by atoms with Crippen LogP contribution in [0, 0.1) is 5.92 Å². The van der Waals surface area contributed by atoms with Crippen molar-refractivity contribution in [3.05, 3.63) is 95.6 Å². The first-order chi connectivity index (χ1) is 18.8. The van der Waals surface area contributed by atoms with Gasteiger partial charge in [0.05, 0.1) is 12.8 Å². The lowest BCUT2D eigenvalue weighted by Gasteiger charge is -2.39. The SMILES string of the molecule is COc1ccc(C(C)C)cc1N(C)C1C(CCC(=O)NN(C)C)CNC1C(c1ccccc1)c1ccccc1. The van der Waals surface area contributed by atoms with Gasteiger partial charge in [0.2, 0.25) is 5.91 Å². The highest BCUT2D eigenvalue weighted by atomic mass is 16.5. The summed E-state index contributed by atoms with van der Waals surface area (Å²) in [5.41, 5.74) is 7.85. The standard InChI is InChI=1S/C33H44N4O2/c1-23(2)26-17-19-29(39-6)28(21-26)37(5)33-27(18-20-30(38)35-36(3)4)22-34-32(33)31(24-13-9-7-10-14-24)25-15-11-8-12-16-25/h7-17,19,21,23,27,31-34H,18,20,22H2,1-6H3,(H,35,38). The molecular weight excluding hydrogens is 484 g/mol. The zero-order valence-electron chi connectivity index (χ0n) is 24.2. The van der Waals surface area contributed by atoms with Gasteiger partial charge in [0, 0.05) is 52.1 Å². The van der Waals surface area contributed by atoms with Gasteiger partial charge in [0.25, 0.3) is 0 Å². The van der Waals surface area contributed by atoms with Crippen molar-refractivity contribution in [2.24, 2.45) is 5.92 Å². The van der Waals surface area contributed by atoms with Crippen molar-refractivity contribution in [2.45, 2.75) is 50.6 Å². The Bertz CT molecular complexity index is 1160. The molecule has 39 heavy (non-hydrogen) atoms. The minimum Gasteiger partial charge on any atom is -0.495 e. The fraction of sp³-hybridized carbons (Fsp3) is 0.424. The highest BCUT2D eigenvalue weighted by molar-refractivity contribution is 5.75. The summed E-state index contributed by atoms with van der Waals surface area (Å²) in [6.45, 7) is 5.29. The molecule has 3 atom stereocenters. The van der Waals surface area contributed by atoms with E-state index in [1.54, 1.807) is 12.1 Å². The highest BCUT2D eigenvalue weighted by Gasteiger charge is 2.44. The second kappa shape index (κ2) is 13.1. The summed E-state index contributed by atoms with van der Waals surface area (Å²) < 4.78 is 5.87. The largest absolute Gasteiger partial charge is 0.495 e. The van der Waals surface area contributed by atoms with Gasteiger partial charge in [-0.05, 0) is 47.1 Å². The molecule has 1 aliphatic rings. The Balaban J connectivity index is 1.76. The fourth-order valence-electron chi connectivity index (χ4n) is 6.02. The minimum absolute atomic E-state index is 0.0481. The second-order valence-electron chi connectivity index (χ2n) is 11.1. The molecule has 0 spiro atoms. The quantitative estimate of drug-likeness (QED) is 0.326. The molecule has 0 bridgehead atoms. The molecule has 2 N–H and O–H groups in total. The van der Waals surface area contributed by atoms with E-state index < -0.39 is 0 Å². The van der Waals surface area contributed by atoms with Crippen LogP contribution in [0.15, 0.2) is 78.9 Å². The van der Waals surface area contributed by atoms with Crippen LogP contribution in [0.1, 0.15) is 55.2 Å². The molecule has 4 rings (SSSR count). The van der Waals surface area contributed by atoms with E-state index in [0.717, 1.165) is 24.4 Å². The number of likely N-dealkylation sites (N-methyl/N-ethyl adjacent to an activating group) is 1. The van der Waals surface area contributed by atoms with Gasteiger partial charge in [0.15, 0.2) is 0 Å². The second-order valence-corrected chi connectivity index (χ2v) is 11.1. The summed E-state index contributed by atoms with van der Waals surface area (Å²) in [5, 5.41) is 5.63. The van der Waals surface area contributed by atoms with E-state index in [4.69, 9.17) is 4.74 Å². The number of hydrogen-bond donors (Lipinski definition) is 2. The highest BCUT2D eigenvalue weighted by Crippen LogP contribution is 2.41. The molecule has 6 heteroatoms. The number of methoxy groups -OCH3 is 1. The Labute approximate surface area is 234 Å². The Kier molecular flexibility index (Phi) is 9.65. The molecule has 1 fully saturated rings. The number of hydrazine groups is 1. The molecule has 1 heterocycles. The first kappa shape index (κ1) is 28.7. The van der Waals surface area contributed by atoms with Crippen LogP contribution in [0.5, 0.6) is 5.75 Å². The Morgan fingerprint density at radius 1 is 0.949 bits per heavy atom. The monoisotopic (exact) mass is 528 g/mol. The van der Waals surface area contributed by atoms with Crippen LogP contribution in [0.25, 0.3) is 0 Å². The van der Waals surface area contributed by atoms with Gasteiger partial charge < -0.3 is 15.0 Å². The maximum Gasteiger partial charge on any atom is 0.234 e. The topological polar surface area (TPSA) is 56.8 Å². The summed E-state index contributed by atoms with van der Waals surface area (Å²) in [7, 11) is 7.62. The van der Waals surface area contributed by atoms with Crippen LogP contribution in [0.3, 0.4) is 0 Å². The summed E-state index contributed by atoms with van der Waals surface area (Å²) in [6.07, 6.45) is 1.27. The molecule has 208 valence electrons. The van der Waals surface area contributed by atoms with Crippen molar-refractivity contribution in [1.29, 1.82) is 0 Å². The van der Waals surface area contributed by atoms with Crippen LogP contribution >= 0.6 is 0 Å². The first-order valence-electron chi connectivity index (χ1n) is 14.0. The van der Waals surface area contributed by atoms with Crippen LogP contribution in [0.4, 0.5) is 5.69 Å². The molecule has 0 saturated carbocycles. The number of nitrogens with one attached hydrogen (secondary N) is 2. The van der Waals surface area contributed by atoms with E-state index in [1.165, 1.54) is 16.7 Å². The molecule has 6 nitrogen and oxygen atoms in total. The predicted octanol–water partition coefficient (Wildman–Crippen LogP) is 5.42. The van der Waals surface area contributed by atoms with Gasteiger partial charge in [-0.15, -0.1) is 0 Å². The van der Waals surface area contributed by atoms with E-state index in [1.807, 2.05) is 14.1 Å². The molecule has 0 aliphatic carbocycles. The predicted molar refractivity (Wildman–Crippen MR) is 160 cm³/mol. The van der Waals surface area contributed by atoms with Crippen LogP contribution in [-0.2, 0) is 4.79 Å². The van der Waals surface area contributed by atoms with Gasteiger partial charge in [-0.2, -0.15) is 0 Å². The van der Waals surface area contributed by atoms with E-state index >= 15 is 0 Å². The molecule has 1 aliphatic heterocycles. The van der Waals surface area contributed by atoms with Gasteiger partial charge in [-0.25, -0.2) is 5.01 Å². The summed E-state index contributed by atoms with van der Waals surface area (Å²) in [6, 6.07) is 28.3. The molecule has 3 aromatic rings. The molecule has 3 unspecified atom stereocenters. The summed E-state index contributed by atoms with van der Waals surface area (Å²) in [4.78, 5) is 15.0. The number of carbonyl (C=O) groups is 1. The number of anilines is 1. The number of hydrogen-bond acceptors (Lipinski definition) is 5. The molecule has 1 saturated heterocycles. The van der Waals surface area contributed by atoms with Crippen LogP contribution in [0.2, 0.25) is 0 Å². The summed E-state index contributed by atoms with van der Waals surface area (Å²) in [5.74, 6) is 1.75. The average Bonchev–Trinajstić information content (AvgIpc) is 3.35. The Hall–Kier alpha value is -3.35. The van der Waals surface area contributed by atoms with Crippen molar-refractivity contribution in [3.63, 3.8) is 0 Å². The molecular formula is C33H44N4O2. The molecule has 0 radical (unpaired) electrons. The van der Waals surface area contributed by atoms with E-state index in [9.17, 15) is 4.79 Å². The van der Waals surface area contributed by atoms with Gasteiger partial charge >= 0.3 is 0 Å². The Morgan fingerprint density at radius 3 is 2.10 bits per heavy atom. The number of nitrogens with zero attached hydrogens (tertiary/aromatic N) is 2. The smallest absolute Gasteiger partial charge is 0.234 e. The van der Waals surface area contributed by atoms with Gasteiger partial charge in [-0.3, -0.25) is 10.2 Å². The van der Waals surface area contributed by atoms with Crippen molar-refractivity contribution in [3.8, 4) is 5.75 Å². The fourth-order valence-corrected chi connectivity index (χ4v) is 6.02. The number of rotatable bonds is 11. The third-order valence-corrected chi connectivity index (χ3v) is 7.93. The zero-order valence-corrected chi connectivity index (χ0v) is 24.2. The van der Waals surface area contributed by atoms with Crippen molar-refractivity contribution in [2.75, 3.05) is 39.7 Å². The van der Waals surface area contributed by atoms with E-state index in [-0.39, 0.29) is 29.8 Å². The third-order valence-electron chi connectivity index (χ3n) is 7.93. The van der Waals surface area contributed by atoms with Crippen LogP contribution in [-0.4, -0.2) is 57.8 Å². The van der Waals surface area contributed by atoms with Crippen molar-refractivity contribution >= 4 is 11.6 Å². The van der Waals surface area contributed by atoms with Crippen molar-refractivity contribution in [1.82, 2.24) is 15.8 Å².